The van der Waals surface area contributed by atoms with Gasteiger partial charge in [-0.15, -0.1) is 0 Å². The Labute approximate surface area is 255 Å². The molecule has 226 valence electrons. The lowest BCUT2D eigenvalue weighted by atomic mass is 10.0. The molecule has 2 heterocycles. The number of nitrogens with one attached hydrogen (secondary N) is 1. The lowest BCUT2D eigenvalue weighted by Crippen LogP contribution is -2.44. The van der Waals surface area contributed by atoms with E-state index in [1.54, 1.807) is 24.4 Å². The van der Waals surface area contributed by atoms with Crippen LogP contribution in [0, 0.1) is 5.82 Å². The first-order valence-corrected chi connectivity index (χ1v) is 14.4. The average Bonchev–Trinajstić information content (AvgIpc) is 3.03. The predicted octanol–water partition coefficient (Wildman–Crippen LogP) is 5.01. The summed E-state index contributed by atoms with van der Waals surface area (Å²) in [5.41, 5.74) is 4.62. The summed E-state index contributed by atoms with van der Waals surface area (Å²) < 4.78 is 13.9. The summed E-state index contributed by atoms with van der Waals surface area (Å²) in [6.45, 7) is 3.62. The maximum atomic E-state index is 13.9. The van der Waals surface area contributed by atoms with Crippen LogP contribution in [0.25, 0.3) is 11.1 Å². The van der Waals surface area contributed by atoms with Crippen molar-refractivity contribution in [1.29, 1.82) is 0 Å². The first kappa shape index (κ1) is 30.4. The molecule has 0 spiro atoms. The molecule has 1 aliphatic heterocycles. The van der Waals surface area contributed by atoms with Crippen molar-refractivity contribution in [3.05, 3.63) is 114 Å². The highest BCUT2D eigenvalue weighted by atomic mass is 19.1. The Hall–Kier alpha value is -5.09. The van der Waals surface area contributed by atoms with Gasteiger partial charge in [0.2, 0.25) is 0 Å². The fourth-order valence-electron chi connectivity index (χ4n) is 5.19. The van der Waals surface area contributed by atoms with Crippen LogP contribution in [0.2, 0.25) is 0 Å². The normalized spacial score (nSPS) is 13.4. The van der Waals surface area contributed by atoms with Crippen LogP contribution in [-0.2, 0) is 11.3 Å². The number of anilines is 2. The number of carboxylic acids is 1. The Bertz CT molecular complexity index is 1640. The standard InChI is InChI=1S/C34H34FN5O4/c1-38-15-17-39(18-16-38)31-11-10-26(21-30(31)37-33(43)27-7-3-9-29(35)20-27)25-6-2-5-24(19-25)23-40(14-12-32(41)42)34(44)28-8-4-13-36-22-28/h2-11,13,19-22H,12,14-18,23H2,1H3,(H,37,43)(H,41,42). The minimum absolute atomic E-state index is 0.0449. The van der Waals surface area contributed by atoms with E-state index in [4.69, 9.17) is 0 Å². The van der Waals surface area contributed by atoms with Crippen LogP contribution < -0.4 is 10.2 Å². The molecule has 1 aliphatic rings. The van der Waals surface area contributed by atoms with Crippen molar-refractivity contribution < 1.29 is 23.9 Å². The number of hydrogen-bond donors (Lipinski definition) is 2. The molecule has 1 aromatic heterocycles. The Morgan fingerprint density at radius 1 is 0.909 bits per heavy atom. The molecule has 0 atom stereocenters. The minimum atomic E-state index is -0.990. The number of carbonyl (C=O) groups excluding carboxylic acids is 2. The van der Waals surface area contributed by atoms with Gasteiger partial charge in [-0.3, -0.25) is 19.4 Å². The summed E-state index contributed by atoms with van der Waals surface area (Å²) in [5, 5.41) is 12.3. The Kier molecular flexibility index (Phi) is 9.61. The van der Waals surface area contributed by atoms with Crippen molar-refractivity contribution in [2.24, 2.45) is 0 Å². The fraction of sp³-hybridized carbons (Fsp3) is 0.235. The van der Waals surface area contributed by atoms with Crippen molar-refractivity contribution in [3.8, 4) is 11.1 Å². The van der Waals surface area contributed by atoms with Gasteiger partial charge in [0.1, 0.15) is 5.82 Å². The molecule has 0 saturated carbocycles. The van der Waals surface area contributed by atoms with Crippen LogP contribution in [0.15, 0.2) is 91.3 Å². The molecule has 1 fully saturated rings. The Morgan fingerprint density at radius 3 is 2.39 bits per heavy atom. The number of likely N-dealkylation sites (N-methyl/N-ethyl adjacent to an activating group) is 1. The summed E-state index contributed by atoms with van der Waals surface area (Å²) in [5.74, 6) is -2.18. The molecule has 0 unspecified atom stereocenters. The summed E-state index contributed by atoms with van der Waals surface area (Å²) >= 11 is 0. The molecule has 1 saturated heterocycles. The third-order valence-corrected chi connectivity index (χ3v) is 7.60. The van der Waals surface area contributed by atoms with Gasteiger partial charge < -0.3 is 25.1 Å². The van der Waals surface area contributed by atoms with Gasteiger partial charge in [0.05, 0.1) is 23.4 Å². The van der Waals surface area contributed by atoms with Gasteiger partial charge in [-0.2, -0.15) is 0 Å². The van der Waals surface area contributed by atoms with E-state index in [1.165, 1.54) is 29.3 Å². The Balaban J connectivity index is 1.44. The van der Waals surface area contributed by atoms with Gasteiger partial charge in [0, 0.05) is 57.2 Å². The number of pyridine rings is 1. The highest BCUT2D eigenvalue weighted by molar-refractivity contribution is 6.06. The van der Waals surface area contributed by atoms with Crippen LogP contribution in [0.1, 0.15) is 32.7 Å². The zero-order valence-electron chi connectivity index (χ0n) is 24.4. The first-order valence-electron chi connectivity index (χ1n) is 14.4. The zero-order valence-corrected chi connectivity index (χ0v) is 24.4. The highest BCUT2D eigenvalue weighted by Crippen LogP contribution is 2.33. The molecule has 9 nitrogen and oxygen atoms in total. The molecule has 0 aliphatic carbocycles. The fourth-order valence-corrected chi connectivity index (χ4v) is 5.19. The lowest BCUT2D eigenvalue weighted by Gasteiger charge is -2.35. The molecular formula is C34H34FN5O4. The Morgan fingerprint density at radius 2 is 1.66 bits per heavy atom. The number of rotatable bonds is 10. The number of benzene rings is 3. The summed E-state index contributed by atoms with van der Waals surface area (Å²) in [6, 6.07) is 22.5. The van der Waals surface area contributed by atoms with E-state index in [0.717, 1.165) is 48.6 Å². The third kappa shape index (κ3) is 7.64. The number of aliphatic carboxylic acids is 1. The van der Waals surface area contributed by atoms with Crippen LogP contribution in [0.3, 0.4) is 0 Å². The monoisotopic (exact) mass is 595 g/mol. The molecule has 5 rings (SSSR count). The maximum Gasteiger partial charge on any atom is 0.305 e. The second kappa shape index (κ2) is 13.9. The smallest absolute Gasteiger partial charge is 0.305 e. The number of nitrogens with zero attached hydrogens (tertiary/aromatic N) is 4. The van der Waals surface area contributed by atoms with E-state index in [9.17, 15) is 23.9 Å². The van der Waals surface area contributed by atoms with Gasteiger partial charge in [-0.1, -0.05) is 30.3 Å². The number of carboxylic acid groups (broad SMARTS) is 1. The largest absolute Gasteiger partial charge is 0.481 e. The molecular weight excluding hydrogens is 561 g/mol. The van der Waals surface area contributed by atoms with Gasteiger partial charge in [0.15, 0.2) is 0 Å². The molecule has 44 heavy (non-hydrogen) atoms. The average molecular weight is 596 g/mol. The molecule has 10 heteroatoms. The van der Waals surface area contributed by atoms with E-state index >= 15 is 0 Å². The topological polar surface area (TPSA) is 106 Å². The number of piperazine rings is 1. The van der Waals surface area contributed by atoms with Crippen LogP contribution in [0.4, 0.5) is 15.8 Å². The van der Waals surface area contributed by atoms with Gasteiger partial charge in [-0.25, -0.2) is 4.39 Å². The lowest BCUT2D eigenvalue weighted by molar-refractivity contribution is -0.137. The molecule has 3 aromatic carbocycles. The SMILES string of the molecule is CN1CCN(c2ccc(-c3cccc(CN(CCC(=O)O)C(=O)c4cccnc4)c3)cc2NC(=O)c2cccc(F)c2)CC1. The van der Waals surface area contributed by atoms with Gasteiger partial charge in [0.25, 0.3) is 11.8 Å². The van der Waals surface area contributed by atoms with E-state index in [1.807, 2.05) is 42.5 Å². The predicted molar refractivity (Wildman–Crippen MR) is 167 cm³/mol. The van der Waals surface area contributed by atoms with Crippen LogP contribution in [-0.4, -0.2) is 77.4 Å². The number of hydrogen-bond acceptors (Lipinski definition) is 6. The van der Waals surface area contributed by atoms with E-state index < -0.39 is 17.7 Å². The van der Waals surface area contributed by atoms with Crippen molar-refractivity contribution in [2.75, 3.05) is 50.0 Å². The number of halogens is 1. The maximum absolute atomic E-state index is 13.9. The van der Waals surface area contributed by atoms with E-state index in [0.29, 0.717) is 11.3 Å². The molecule has 4 aromatic rings. The van der Waals surface area contributed by atoms with Crippen LogP contribution >= 0.6 is 0 Å². The highest BCUT2D eigenvalue weighted by Gasteiger charge is 2.21. The van der Waals surface area contributed by atoms with Gasteiger partial charge in [-0.05, 0) is 72.3 Å². The minimum Gasteiger partial charge on any atom is -0.481 e. The summed E-state index contributed by atoms with van der Waals surface area (Å²) in [6.07, 6.45) is 2.85. The number of aromatic nitrogens is 1. The number of amides is 2. The zero-order chi connectivity index (χ0) is 31.1. The quantitative estimate of drug-likeness (QED) is 0.266. The van der Waals surface area contributed by atoms with E-state index in [2.05, 4.69) is 27.1 Å². The second-order valence-corrected chi connectivity index (χ2v) is 10.8. The van der Waals surface area contributed by atoms with Crippen molar-refractivity contribution >= 4 is 29.2 Å². The van der Waals surface area contributed by atoms with Crippen LogP contribution in [0.5, 0.6) is 0 Å². The summed E-state index contributed by atoms with van der Waals surface area (Å²) in [7, 11) is 2.08. The summed E-state index contributed by atoms with van der Waals surface area (Å²) in [4.78, 5) is 47.7. The first-order chi connectivity index (χ1) is 21.3. The van der Waals surface area contributed by atoms with Crippen molar-refractivity contribution in [3.63, 3.8) is 0 Å². The second-order valence-electron chi connectivity index (χ2n) is 10.8. The van der Waals surface area contributed by atoms with Gasteiger partial charge >= 0.3 is 5.97 Å². The van der Waals surface area contributed by atoms with E-state index in [-0.39, 0.29) is 31.0 Å². The molecule has 2 N–H and O–H groups in total. The molecule has 0 bridgehead atoms. The van der Waals surface area contributed by atoms with Crippen molar-refractivity contribution in [2.45, 2.75) is 13.0 Å². The molecule has 2 amide bonds. The van der Waals surface area contributed by atoms with Crippen molar-refractivity contribution in [1.82, 2.24) is 14.8 Å². The number of carbonyl (C=O) groups is 3. The third-order valence-electron chi connectivity index (χ3n) is 7.60. The molecule has 0 radical (unpaired) electrons.